The van der Waals surface area contributed by atoms with Crippen molar-refractivity contribution in [2.45, 2.75) is 51.5 Å². The van der Waals surface area contributed by atoms with E-state index in [1.807, 2.05) is 48.2 Å². The van der Waals surface area contributed by atoms with E-state index in [9.17, 15) is 14.4 Å². The third-order valence-corrected chi connectivity index (χ3v) is 6.85. The Morgan fingerprint density at radius 1 is 1.12 bits per heavy atom. The lowest BCUT2D eigenvalue weighted by Gasteiger charge is -2.32. The minimum atomic E-state index is -0.136. The van der Waals surface area contributed by atoms with E-state index in [-0.39, 0.29) is 23.3 Å². The number of hydrogen-bond donors (Lipinski definition) is 1. The van der Waals surface area contributed by atoms with Crippen molar-refractivity contribution in [2.24, 2.45) is 0 Å². The molecule has 0 aliphatic carbocycles. The monoisotopic (exact) mass is 447 g/mol. The SMILES string of the molecule is CCC(=O)N1CCc2nc3cc(C4CCCN(C(=O)Cc5ccccc5)C4)[nH]n3c(=O)c2C1. The van der Waals surface area contributed by atoms with Crippen LogP contribution in [-0.4, -0.2) is 55.8 Å². The second-order valence-corrected chi connectivity index (χ2v) is 9.01. The molecule has 1 atom stereocenters. The Labute approximate surface area is 192 Å². The van der Waals surface area contributed by atoms with Gasteiger partial charge in [0.25, 0.3) is 5.56 Å². The molecule has 2 aliphatic heterocycles. The molecule has 0 bridgehead atoms. The Kier molecular flexibility index (Phi) is 5.74. The molecule has 5 rings (SSSR count). The molecule has 8 nitrogen and oxygen atoms in total. The summed E-state index contributed by atoms with van der Waals surface area (Å²) in [6.07, 6.45) is 3.31. The van der Waals surface area contributed by atoms with Gasteiger partial charge in [-0.15, -0.1) is 0 Å². The fraction of sp³-hybridized carbons (Fsp3) is 0.440. The number of H-pyrrole nitrogens is 1. The molecule has 1 saturated heterocycles. The summed E-state index contributed by atoms with van der Waals surface area (Å²) in [5.41, 5.74) is 3.80. The Hall–Kier alpha value is -3.42. The van der Waals surface area contributed by atoms with Crippen molar-refractivity contribution >= 4 is 17.5 Å². The van der Waals surface area contributed by atoms with Crippen molar-refractivity contribution in [3.05, 3.63) is 69.3 Å². The van der Waals surface area contributed by atoms with Gasteiger partial charge in [0.05, 0.1) is 24.2 Å². The first-order valence-electron chi connectivity index (χ1n) is 11.8. The number of piperidine rings is 1. The summed E-state index contributed by atoms with van der Waals surface area (Å²) >= 11 is 0. The summed E-state index contributed by atoms with van der Waals surface area (Å²) in [5.74, 6) is 0.322. The predicted octanol–water partition coefficient (Wildman–Crippen LogP) is 2.27. The molecular weight excluding hydrogens is 418 g/mol. The van der Waals surface area contributed by atoms with Gasteiger partial charge in [-0.05, 0) is 18.4 Å². The first kappa shape index (κ1) is 21.4. The zero-order valence-corrected chi connectivity index (χ0v) is 18.9. The van der Waals surface area contributed by atoms with Crippen LogP contribution in [0.4, 0.5) is 0 Å². The molecule has 33 heavy (non-hydrogen) atoms. The van der Waals surface area contributed by atoms with E-state index in [1.54, 1.807) is 4.90 Å². The van der Waals surface area contributed by atoms with E-state index in [2.05, 4.69) is 5.10 Å². The maximum atomic E-state index is 13.2. The minimum absolute atomic E-state index is 0.0554. The van der Waals surface area contributed by atoms with Crippen LogP contribution in [0.2, 0.25) is 0 Å². The van der Waals surface area contributed by atoms with Gasteiger partial charge in [0.2, 0.25) is 11.8 Å². The summed E-state index contributed by atoms with van der Waals surface area (Å²) in [6.45, 7) is 4.14. The fourth-order valence-corrected chi connectivity index (χ4v) is 4.99. The van der Waals surface area contributed by atoms with Gasteiger partial charge in [-0.3, -0.25) is 19.5 Å². The maximum Gasteiger partial charge on any atom is 0.277 e. The van der Waals surface area contributed by atoms with Crippen LogP contribution in [0, 0.1) is 0 Å². The summed E-state index contributed by atoms with van der Waals surface area (Å²) in [7, 11) is 0. The summed E-state index contributed by atoms with van der Waals surface area (Å²) in [6, 6.07) is 11.8. The Bertz CT molecular complexity index is 1250. The number of carbonyl (C=O) groups excluding carboxylic acids is 2. The Balaban J connectivity index is 1.37. The number of aromatic amines is 1. The maximum absolute atomic E-state index is 13.2. The number of amides is 2. The quantitative estimate of drug-likeness (QED) is 0.664. The van der Waals surface area contributed by atoms with E-state index in [0.717, 1.165) is 36.3 Å². The van der Waals surface area contributed by atoms with Crippen LogP contribution < -0.4 is 5.56 Å². The molecule has 172 valence electrons. The van der Waals surface area contributed by atoms with Crippen molar-refractivity contribution in [2.75, 3.05) is 19.6 Å². The molecule has 8 heteroatoms. The van der Waals surface area contributed by atoms with Crippen molar-refractivity contribution in [1.82, 2.24) is 24.4 Å². The van der Waals surface area contributed by atoms with Gasteiger partial charge in [-0.2, -0.15) is 0 Å². The first-order chi connectivity index (χ1) is 16.0. The first-order valence-corrected chi connectivity index (χ1v) is 11.8. The molecule has 4 heterocycles. The zero-order chi connectivity index (χ0) is 22.9. The van der Waals surface area contributed by atoms with Crippen LogP contribution >= 0.6 is 0 Å². The molecule has 0 spiro atoms. The van der Waals surface area contributed by atoms with E-state index >= 15 is 0 Å². The normalized spacial score (nSPS) is 18.4. The summed E-state index contributed by atoms with van der Waals surface area (Å²) < 4.78 is 1.50. The molecular formula is C25H29N5O3. The highest BCUT2D eigenvalue weighted by atomic mass is 16.2. The second kappa shape index (κ2) is 8.84. The number of carbonyl (C=O) groups is 2. The van der Waals surface area contributed by atoms with Gasteiger partial charge < -0.3 is 9.80 Å². The number of hydrogen-bond acceptors (Lipinski definition) is 4. The van der Waals surface area contributed by atoms with Crippen molar-refractivity contribution in [1.29, 1.82) is 0 Å². The van der Waals surface area contributed by atoms with Crippen molar-refractivity contribution < 1.29 is 9.59 Å². The largest absolute Gasteiger partial charge is 0.342 e. The third-order valence-electron chi connectivity index (χ3n) is 6.85. The van der Waals surface area contributed by atoms with Crippen LogP contribution in [-0.2, 0) is 29.0 Å². The van der Waals surface area contributed by atoms with Gasteiger partial charge in [-0.1, -0.05) is 37.3 Å². The van der Waals surface area contributed by atoms with Gasteiger partial charge in [-0.25, -0.2) is 9.50 Å². The molecule has 2 amide bonds. The number of nitrogens with zero attached hydrogens (tertiary/aromatic N) is 4. The highest BCUT2D eigenvalue weighted by molar-refractivity contribution is 5.79. The van der Waals surface area contributed by atoms with Crippen LogP contribution in [0.1, 0.15) is 54.6 Å². The molecule has 2 aromatic heterocycles. The lowest BCUT2D eigenvalue weighted by atomic mass is 9.94. The van der Waals surface area contributed by atoms with E-state index in [0.29, 0.717) is 50.1 Å². The predicted molar refractivity (Wildman–Crippen MR) is 124 cm³/mol. The van der Waals surface area contributed by atoms with Crippen LogP contribution in [0.25, 0.3) is 5.65 Å². The van der Waals surface area contributed by atoms with Gasteiger partial charge in [0.15, 0.2) is 5.65 Å². The number of nitrogens with one attached hydrogen (secondary N) is 1. The summed E-state index contributed by atoms with van der Waals surface area (Å²) in [5, 5.41) is 3.25. The number of benzene rings is 1. The number of likely N-dealkylation sites (tertiary alicyclic amines) is 1. The highest BCUT2D eigenvalue weighted by Gasteiger charge is 2.28. The molecule has 0 saturated carbocycles. The van der Waals surface area contributed by atoms with Crippen LogP contribution in [0.15, 0.2) is 41.2 Å². The molecule has 2 aliphatic rings. The molecule has 1 aromatic carbocycles. The Morgan fingerprint density at radius 2 is 1.94 bits per heavy atom. The van der Waals surface area contributed by atoms with Gasteiger partial charge >= 0.3 is 0 Å². The zero-order valence-electron chi connectivity index (χ0n) is 18.9. The lowest BCUT2D eigenvalue weighted by molar-refractivity contribution is -0.132. The van der Waals surface area contributed by atoms with Crippen molar-refractivity contribution in [3.8, 4) is 0 Å². The highest BCUT2D eigenvalue weighted by Crippen LogP contribution is 2.27. The molecule has 3 aromatic rings. The lowest BCUT2D eigenvalue weighted by Crippen LogP contribution is -2.40. The number of fused-ring (bicyclic) bond motifs is 2. The average Bonchev–Trinajstić information content (AvgIpc) is 3.29. The van der Waals surface area contributed by atoms with Gasteiger partial charge in [0.1, 0.15) is 0 Å². The average molecular weight is 448 g/mol. The molecule has 1 unspecified atom stereocenters. The second-order valence-electron chi connectivity index (χ2n) is 9.01. The topological polar surface area (TPSA) is 90.8 Å². The smallest absolute Gasteiger partial charge is 0.277 e. The van der Waals surface area contributed by atoms with Crippen LogP contribution in [0.5, 0.6) is 0 Å². The number of rotatable bonds is 4. The molecule has 1 N–H and O–H groups in total. The van der Waals surface area contributed by atoms with E-state index in [1.165, 1.54) is 4.52 Å². The van der Waals surface area contributed by atoms with Crippen molar-refractivity contribution in [3.63, 3.8) is 0 Å². The fourth-order valence-electron chi connectivity index (χ4n) is 4.99. The molecule has 1 fully saturated rings. The third kappa shape index (κ3) is 4.17. The summed E-state index contributed by atoms with van der Waals surface area (Å²) in [4.78, 5) is 46.6. The van der Waals surface area contributed by atoms with E-state index in [4.69, 9.17) is 4.98 Å². The van der Waals surface area contributed by atoms with Gasteiger partial charge in [0, 0.05) is 50.2 Å². The number of aromatic nitrogens is 3. The van der Waals surface area contributed by atoms with E-state index < -0.39 is 0 Å². The van der Waals surface area contributed by atoms with Crippen LogP contribution in [0.3, 0.4) is 0 Å². The standard InChI is InChI=1S/C25H29N5O3/c1-2-23(31)29-12-10-20-19(16-29)25(33)30-22(26-20)14-21(27-30)18-9-6-11-28(15-18)24(32)13-17-7-4-3-5-8-17/h3-5,7-8,14,18,27H,2,6,9-13,15-16H2,1H3. The minimum Gasteiger partial charge on any atom is -0.342 e. The molecule has 0 radical (unpaired) electrons. The Morgan fingerprint density at radius 3 is 2.73 bits per heavy atom.